The van der Waals surface area contributed by atoms with Gasteiger partial charge >= 0.3 is 0 Å². The van der Waals surface area contributed by atoms with E-state index >= 15 is 0 Å². The third-order valence-electron chi connectivity index (χ3n) is 4.65. The third-order valence-corrected chi connectivity index (χ3v) is 6.62. The molecule has 1 saturated heterocycles. The van der Waals surface area contributed by atoms with E-state index in [0.717, 1.165) is 17.7 Å². The number of nitrogens with zero attached hydrogens (tertiary/aromatic N) is 2. The van der Waals surface area contributed by atoms with Gasteiger partial charge in [0.25, 0.3) is 0 Å². The maximum absolute atomic E-state index is 13.0. The lowest BCUT2D eigenvalue weighted by Gasteiger charge is -2.36. The van der Waals surface area contributed by atoms with Crippen molar-refractivity contribution < 1.29 is 13.2 Å². The fourth-order valence-corrected chi connectivity index (χ4v) is 5.04. The van der Waals surface area contributed by atoms with E-state index in [-0.39, 0.29) is 35.3 Å². The number of piperazine rings is 1. The molecule has 1 aromatic rings. The van der Waals surface area contributed by atoms with Crippen molar-refractivity contribution in [2.75, 3.05) is 24.5 Å². The lowest BCUT2D eigenvalue weighted by atomic mass is 10.2. The van der Waals surface area contributed by atoms with Gasteiger partial charge in [-0.25, -0.2) is 8.42 Å². The van der Waals surface area contributed by atoms with Crippen LogP contribution in [-0.4, -0.2) is 50.3 Å². The predicted octanol–water partition coefficient (Wildman–Crippen LogP) is 1.39. The molecular formula is C16H24ClN3O3S. The molecule has 24 heavy (non-hydrogen) atoms. The Kier molecular flexibility index (Phi) is 5.59. The molecule has 1 amide bonds. The molecule has 2 unspecified atom stereocenters. The highest BCUT2D eigenvalue weighted by Gasteiger charge is 2.34. The Balaban J connectivity index is 0.00000208. The van der Waals surface area contributed by atoms with Gasteiger partial charge in [0.1, 0.15) is 0 Å². The lowest BCUT2D eigenvalue weighted by molar-refractivity contribution is -0.116. The standard InChI is InChI=1S/C16H23N3O3S.ClH/c1-11-10-19(12(2)9-17-11)23(21,22)15-5-4-14-6-7-18(13(3)20)16(14)8-15;/h4-5,8,11-12,17H,6-7,9-10H2,1-3H3;1H. The number of fused-ring (bicyclic) bond motifs is 1. The summed E-state index contributed by atoms with van der Waals surface area (Å²) in [5.74, 6) is -0.0533. The van der Waals surface area contributed by atoms with Crippen molar-refractivity contribution in [2.24, 2.45) is 0 Å². The second kappa shape index (κ2) is 7.00. The van der Waals surface area contributed by atoms with Crippen LogP contribution >= 0.6 is 12.4 Å². The van der Waals surface area contributed by atoms with E-state index in [2.05, 4.69) is 5.32 Å². The number of hydrogen-bond donors (Lipinski definition) is 1. The van der Waals surface area contributed by atoms with Gasteiger partial charge in [-0.15, -0.1) is 12.4 Å². The van der Waals surface area contributed by atoms with Crippen LogP contribution in [0.1, 0.15) is 26.3 Å². The summed E-state index contributed by atoms with van der Waals surface area (Å²) in [6.07, 6.45) is 0.774. The summed E-state index contributed by atoms with van der Waals surface area (Å²) in [6.45, 7) is 7.12. The molecule has 1 aromatic carbocycles. The van der Waals surface area contributed by atoms with Crippen LogP contribution in [0.2, 0.25) is 0 Å². The highest BCUT2D eigenvalue weighted by Crippen LogP contribution is 2.32. The molecule has 0 bridgehead atoms. The summed E-state index contributed by atoms with van der Waals surface area (Å²) >= 11 is 0. The highest BCUT2D eigenvalue weighted by atomic mass is 35.5. The van der Waals surface area contributed by atoms with Crippen LogP contribution in [0.4, 0.5) is 5.69 Å². The summed E-state index contributed by atoms with van der Waals surface area (Å²) in [6, 6.07) is 5.19. The average molecular weight is 374 g/mol. The zero-order chi connectivity index (χ0) is 16.8. The Morgan fingerprint density at radius 2 is 2.00 bits per heavy atom. The van der Waals surface area contributed by atoms with Gasteiger partial charge in [0.05, 0.1) is 4.90 Å². The van der Waals surface area contributed by atoms with Gasteiger partial charge in [0.2, 0.25) is 15.9 Å². The van der Waals surface area contributed by atoms with Crippen molar-refractivity contribution in [2.45, 2.75) is 44.2 Å². The SMILES string of the molecule is CC(=O)N1CCc2ccc(S(=O)(=O)N3CC(C)NCC3C)cc21.Cl. The molecule has 1 fully saturated rings. The number of carbonyl (C=O) groups excluding carboxylic acids is 1. The summed E-state index contributed by atoms with van der Waals surface area (Å²) in [7, 11) is -3.56. The second-order valence-corrected chi connectivity index (χ2v) is 8.33. The average Bonchev–Trinajstić information content (AvgIpc) is 2.92. The van der Waals surface area contributed by atoms with Crippen molar-refractivity contribution in [3.8, 4) is 0 Å². The number of amides is 1. The second-order valence-electron chi connectivity index (χ2n) is 6.44. The maximum Gasteiger partial charge on any atom is 0.243 e. The van der Waals surface area contributed by atoms with Gasteiger partial charge in [0, 0.05) is 44.3 Å². The van der Waals surface area contributed by atoms with E-state index < -0.39 is 10.0 Å². The van der Waals surface area contributed by atoms with Crippen LogP contribution in [0.25, 0.3) is 0 Å². The summed E-state index contributed by atoms with van der Waals surface area (Å²) < 4.78 is 27.6. The molecule has 3 rings (SSSR count). The molecule has 0 spiro atoms. The van der Waals surface area contributed by atoms with Crippen LogP contribution in [0.15, 0.2) is 23.1 Å². The zero-order valence-corrected chi connectivity index (χ0v) is 15.8. The molecule has 0 radical (unpaired) electrons. The van der Waals surface area contributed by atoms with E-state index in [9.17, 15) is 13.2 Å². The number of sulfonamides is 1. The first-order valence-electron chi connectivity index (χ1n) is 7.97. The smallest absolute Gasteiger partial charge is 0.243 e. The third kappa shape index (κ3) is 3.31. The Hall–Kier alpha value is -1.15. The van der Waals surface area contributed by atoms with Crippen LogP contribution in [0.5, 0.6) is 0 Å². The van der Waals surface area contributed by atoms with Gasteiger partial charge in [-0.2, -0.15) is 4.31 Å². The normalized spacial score (nSPS) is 24.4. The topological polar surface area (TPSA) is 69.7 Å². The van der Waals surface area contributed by atoms with E-state index in [4.69, 9.17) is 0 Å². The van der Waals surface area contributed by atoms with E-state index in [1.54, 1.807) is 21.3 Å². The van der Waals surface area contributed by atoms with Gasteiger partial charge in [0.15, 0.2) is 0 Å². The van der Waals surface area contributed by atoms with Crippen molar-refractivity contribution in [3.05, 3.63) is 23.8 Å². The van der Waals surface area contributed by atoms with Gasteiger partial charge in [-0.05, 0) is 38.0 Å². The van der Waals surface area contributed by atoms with Crippen LogP contribution in [0.3, 0.4) is 0 Å². The number of rotatable bonds is 2. The van der Waals surface area contributed by atoms with Gasteiger partial charge in [-0.1, -0.05) is 6.07 Å². The highest BCUT2D eigenvalue weighted by molar-refractivity contribution is 7.89. The fraction of sp³-hybridized carbons (Fsp3) is 0.562. The number of halogens is 1. The number of anilines is 1. The van der Waals surface area contributed by atoms with E-state index in [0.29, 0.717) is 19.6 Å². The Morgan fingerprint density at radius 3 is 2.67 bits per heavy atom. The number of carbonyl (C=O) groups is 1. The number of nitrogens with one attached hydrogen (secondary N) is 1. The molecule has 134 valence electrons. The molecule has 6 nitrogen and oxygen atoms in total. The van der Waals surface area contributed by atoms with Crippen LogP contribution < -0.4 is 10.2 Å². The van der Waals surface area contributed by atoms with Crippen LogP contribution in [-0.2, 0) is 21.2 Å². The van der Waals surface area contributed by atoms with Crippen molar-refractivity contribution in [1.29, 1.82) is 0 Å². The zero-order valence-electron chi connectivity index (χ0n) is 14.2. The minimum Gasteiger partial charge on any atom is -0.312 e. The Labute approximate surface area is 149 Å². The molecule has 2 heterocycles. The fourth-order valence-electron chi connectivity index (χ4n) is 3.30. The Morgan fingerprint density at radius 1 is 1.29 bits per heavy atom. The van der Waals surface area contributed by atoms with Crippen molar-refractivity contribution >= 4 is 34.0 Å². The first kappa shape index (κ1) is 19.2. The van der Waals surface area contributed by atoms with E-state index in [1.807, 2.05) is 19.9 Å². The predicted molar refractivity (Wildman–Crippen MR) is 96.2 cm³/mol. The molecule has 0 aromatic heterocycles. The van der Waals surface area contributed by atoms with Crippen LogP contribution in [0, 0.1) is 0 Å². The first-order chi connectivity index (χ1) is 10.8. The largest absolute Gasteiger partial charge is 0.312 e. The minimum atomic E-state index is -3.56. The first-order valence-corrected chi connectivity index (χ1v) is 9.41. The van der Waals surface area contributed by atoms with E-state index in [1.165, 1.54) is 6.92 Å². The summed E-state index contributed by atoms with van der Waals surface area (Å²) in [4.78, 5) is 13.6. The molecule has 0 saturated carbocycles. The number of benzene rings is 1. The Bertz CT molecular complexity index is 738. The molecule has 2 atom stereocenters. The molecule has 2 aliphatic heterocycles. The molecule has 0 aliphatic carbocycles. The summed E-state index contributed by atoms with van der Waals surface area (Å²) in [5.41, 5.74) is 1.76. The monoisotopic (exact) mass is 373 g/mol. The molecule has 2 aliphatic rings. The van der Waals surface area contributed by atoms with Gasteiger partial charge < -0.3 is 10.2 Å². The maximum atomic E-state index is 13.0. The summed E-state index contributed by atoms with van der Waals surface area (Å²) in [5, 5.41) is 3.29. The van der Waals surface area contributed by atoms with Gasteiger partial charge in [-0.3, -0.25) is 4.79 Å². The molecular weight excluding hydrogens is 350 g/mol. The number of hydrogen-bond acceptors (Lipinski definition) is 4. The van der Waals surface area contributed by atoms with Crippen molar-refractivity contribution in [3.63, 3.8) is 0 Å². The lowest BCUT2D eigenvalue weighted by Crippen LogP contribution is -2.56. The molecule has 1 N–H and O–H groups in total. The molecule has 8 heteroatoms. The van der Waals surface area contributed by atoms with Crippen molar-refractivity contribution in [1.82, 2.24) is 9.62 Å². The minimum absolute atomic E-state index is 0. The quantitative estimate of drug-likeness (QED) is 0.850.